The van der Waals surface area contributed by atoms with Crippen LogP contribution < -0.4 is 5.32 Å². The Kier molecular flexibility index (Phi) is 4.99. The van der Waals surface area contributed by atoms with E-state index in [1.54, 1.807) is 0 Å². The van der Waals surface area contributed by atoms with E-state index in [0.717, 1.165) is 10.7 Å². The van der Waals surface area contributed by atoms with Gasteiger partial charge in [0.15, 0.2) is 0 Å². The summed E-state index contributed by atoms with van der Waals surface area (Å²) in [5.74, 6) is -1.38. The molecule has 2 N–H and O–H groups in total. The van der Waals surface area contributed by atoms with Crippen LogP contribution >= 0.6 is 22.9 Å². The average Bonchev–Trinajstić information content (AvgIpc) is 2.97. The van der Waals surface area contributed by atoms with Gasteiger partial charge in [-0.1, -0.05) is 11.6 Å². The second-order valence-electron chi connectivity index (χ2n) is 5.05. The average molecular weight is 317 g/mol. The first-order valence-electron chi connectivity index (χ1n) is 6.59. The lowest BCUT2D eigenvalue weighted by atomic mass is 10.0. The van der Waals surface area contributed by atoms with Crippen molar-refractivity contribution in [3.05, 3.63) is 15.0 Å². The molecule has 0 spiro atoms. The van der Waals surface area contributed by atoms with Gasteiger partial charge in [0, 0.05) is 18.9 Å². The van der Waals surface area contributed by atoms with Gasteiger partial charge in [0.2, 0.25) is 5.91 Å². The number of aromatic nitrogens is 1. The van der Waals surface area contributed by atoms with E-state index in [4.69, 9.17) is 16.7 Å². The van der Waals surface area contributed by atoms with E-state index < -0.39 is 5.97 Å². The largest absolute Gasteiger partial charge is 0.481 e. The minimum Gasteiger partial charge on any atom is -0.481 e. The first-order valence-corrected chi connectivity index (χ1v) is 7.79. The number of rotatable bonds is 5. The van der Waals surface area contributed by atoms with E-state index in [1.165, 1.54) is 11.3 Å². The third-order valence-electron chi connectivity index (χ3n) is 3.58. The van der Waals surface area contributed by atoms with E-state index in [0.29, 0.717) is 36.6 Å². The topological polar surface area (TPSA) is 79.3 Å². The van der Waals surface area contributed by atoms with Crippen molar-refractivity contribution in [1.82, 2.24) is 10.3 Å². The van der Waals surface area contributed by atoms with Gasteiger partial charge < -0.3 is 10.4 Å². The zero-order valence-corrected chi connectivity index (χ0v) is 12.8. The number of carbonyl (C=O) groups excluding carboxylic acids is 1. The first kappa shape index (κ1) is 15.3. The molecule has 1 saturated carbocycles. The second-order valence-corrected chi connectivity index (χ2v) is 6.74. The van der Waals surface area contributed by atoms with Crippen LogP contribution in [-0.2, 0) is 16.0 Å². The Labute approximate surface area is 126 Å². The number of hydrogen-bond donors (Lipinski definition) is 2. The molecule has 0 aliphatic heterocycles. The fraction of sp³-hybridized carbons (Fsp3) is 0.615. The summed E-state index contributed by atoms with van der Waals surface area (Å²) in [5.41, 5.74) is 0.818. The number of amides is 1. The SMILES string of the molecule is Cc1nc(CCNC(=O)[C@H]2CC[C@@H](C(=O)O)C2)sc1Cl. The van der Waals surface area contributed by atoms with Gasteiger partial charge in [-0.25, -0.2) is 4.98 Å². The lowest BCUT2D eigenvalue weighted by Crippen LogP contribution is -2.31. The summed E-state index contributed by atoms with van der Waals surface area (Å²) in [4.78, 5) is 27.1. The minimum absolute atomic E-state index is 0.0480. The summed E-state index contributed by atoms with van der Waals surface area (Å²) in [7, 11) is 0. The molecule has 0 aromatic carbocycles. The predicted molar refractivity (Wildman–Crippen MR) is 77.0 cm³/mol. The zero-order valence-electron chi connectivity index (χ0n) is 11.2. The number of hydrogen-bond acceptors (Lipinski definition) is 4. The normalized spacial score (nSPS) is 21.9. The number of aryl methyl sites for hydroxylation is 1. The summed E-state index contributed by atoms with van der Waals surface area (Å²) < 4.78 is 0.686. The van der Waals surface area contributed by atoms with Crippen molar-refractivity contribution < 1.29 is 14.7 Å². The number of halogens is 1. The third kappa shape index (κ3) is 3.70. The van der Waals surface area contributed by atoms with Crippen molar-refractivity contribution in [2.45, 2.75) is 32.6 Å². The van der Waals surface area contributed by atoms with Crippen LogP contribution in [0.2, 0.25) is 4.34 Å². The number of aliphatic carboxylic acids is 1. The maximum absolute atomic E-state index is 11.9. The van der Waals surface area contributed by atoms with Gasteiger partial charge in [-0.05, 0) is 26.2 Å². The molecule has 1 aromatic rings. The molecule has 0 radical (unpaired) electrons. The van der Waals surface area contributed by atoms with Gasteiger partial charge in [-0.3, -0.25) is 9.59 Å². The third-order valence-corrected chi connectivity index (χ3v) is 5.09. The van der Waals surface area contributed by atoms with E-state index in [-0.39, 0.29) is 17.7 Å². The molecule has 0 saturated heterocycles. The van der Waals surface area contributed by atoms with Crippen LogP contribution in [0.1, 0.15) is 30.0 Å². The van der Waals surface area contributed by atoms with Crippen molar-refractivity contribution in [1.29, 1.82) is 0 Å². The van der Waals surface area contributed by atoms with E-state index in [1.807, 2.05) is 6.92 Å². The lowest BCUT2D eigenvalue weighted by molar-refractivity contribution is -0.141. The quantitative estimate of drug-likeness (QED) is 0.873. The zero-order chi connectivity index (χ0) is 14.7. The highest BCUT2D eigenvalue weighted by atomic mass is 35.5. The summed E-state index contributed by atoms with van der Waals surface area (Å²) in [6.07, 6.45) is 2.35. The van der Waals surface area contributed by atoms with Gasteiger partial charge in [0.1, 0.15) is 4.34 Å². The Morgan fingerprint density at radius 3 is 2.70 bits per heavy atom. The molecular formula is C13H17ClN2O3S. The molecule has 7 heteroatoms. The molecule has 5 nitrogen and oxygen atoms in total. The summed E-state index contributed by atoms with van der Waals surface area (Å²) in [6, 6.07) is 0. The minimum atomic E-state index is -0.798. The van der Waals surface area contributed by atoms with Crippen LogP contribution in [0.5, 0.6) is 0 Å². The van der Waals surface area contributed by atoms with Crippen molar-refractivity contribution >= 4 is 34.8 Å². The van der Waals surface area contributed by atoms with Crippen LogP contribution in [0.25, 0.3) is 0 Å². The highest BCUT2D eigenvalue weighted by Gasteiger charge is 2.33. The van der Waals surface area contributed by atoms with Gasteiger partial charge in [-0.15, -0.1) is 11.3 Å². The fourth-order valence-electron chi connectivity index (χ4n) is 2.42. The highest BCUT2D eigenvalue weighted by Crippen LogP contribution is 2.31. The van der Waals surface area contributed by atoms with E-state index in [9.17, 15) is 9.59 Å². The monoisotopic (exact) mass is 316 g/mol. The smallest absolute Gasteiger partial charge is 0.306 e. The molecule has 2 atom stereocenters. The van der Waals surface area contributed by atoms with Crippen molar-refractivity contribution in [2.24, 2.45) is 11.8 Å². The predicted octanol–water partition coefficient (Wildman–Crippen LogP) is 2.26. The summed E-state index contributed by atoms with van der Waals surface area (Å²) in [5, 5.41) is 12.7. The molecule has 1 heterocycles. The van der Waals surface area contributed by atoms with E-state index >= 15 is 0 Å². The molecule has 110 valence electrons. The summed E-state index contributed by atoms with van der Waals surface area (Å²) in [6.45, 7) is 2.36. The Morgan fingerprint density at radius 1 is 1.45 bits per heavy atom. The molecule has 0 bridgehead atoms. The molecule has 0 unspecified atom stereocenters. The Hall–Kier alpha value is -1.14. The van der Waals surface area contributed by atoms with Gasteiger partial charge in [-0.2, -0.15) is 0 Å². The number of carbonyl (C=O) groups is 2. The van der Waals surface area contributed by atoms with Gasteiger partial charge >= 0.3 is 5.97 Å². The van der Waals surface area contributed by atoms with Crippen LogP contribution in [0.15, 0.2) is 0 Å². The number of nitrogens with zero attached hydrogens (tertiary/aromatic N) is 1. The molecule has 1 amide bonds. The maximum Gasteiger partial charge on any atom is 0.306 e. The molecule has 1 aromatic heterocycles. The highest BCUT2D eigenvalue weighted by molar-refractivity contribution is 7.16. The van der Waals surface area contributed by atoms with Gasteiger partial charge in [0.05, 0.1) is 16.6 Å². The molecule has 2 rings (SSSR count). The Balaban J connectivity index is 1.74. The van der Waals surface area contributed by atoms with Crippen molar-refractivity contribution in [2.75, 3.05) is 6.54 Å². The maximum atomic E-state index is 11.9. The van der Waals surface area contributed by atoms with E-state index in [2.05, 4.69) is 10.3 Å². The summed E-state index contributed by atoms with van der Waals surface area (Å²) >= 11 is 7.36. The van der Waals surface area contributed by atoms with Crippen LogP contribution in [0, 0.1) is 18.8 Å². The van der Waals surface area contributed by atoms with Gasteiger partial charge in [0.25, 0.3) is 0 Å². The van der Waals surface area contributed by atoms with Crippen molar-refractivity contribution in [3.63, 3.8) is 0 Å². The standard InChI is InChI=1S/C13H17ClN2O3S/c1-7-11(14)20-10(16-7)4-5-15-12(17)8-2-3-9(6-8)13(18)19/h8-9H,2-6H2,1H3,(H,15,17)(H,18,19)/t8-,9+/m0/s1. The number of thiazole rings is 1. The molecule has 1 aliphatic carbocycles. The first-order chi connectivity index (χ1) is 9.47. The van der Waals surface area contributed by atoms with Crippen molar-refractivity contribution in [3.8, 4) is 0 Å². The number of nitrogens with one attached hydrogen (secondary N) is 1. The van der Waals surface area contributed by atoms with Crippen LogP contribution in [0.4, 0.5) is 0 Å². The van der Waals surface area contributed by atoms with Crippen LogP contribution in [0.3, 0.4) is 0 Å². The molecule has 1 aliphatic rings. The lowest BCUT2D eigenvalue weighted by Gasteiger charge is -2.10. The fourth-order valence-corrected chi connectivity index (χ4v) is 3.52. The Morgan fingerprint density at radius 2 is 2.15 bits per heavy atom. The molecular weight excluding hydrogens is 300 g/mol. The second kappa shape index (κ2) is 6.54. The molecule has 20 heavy (non-hydrogen) atoms. The van der Waals surface area contributed by atoms with Crippen LogP contribution in [-0.4, -0.2) is 28.5 Å². The molecule has 1 fully saturated rings. The number of carboxylic acids is 1. The number of carboxylic acid groups (broad SMARTS) is 1. The Bertz CT molecular complexity index is 498.